The molecule has 8 heteroatoms. The van der Waals surface area contributed by atoms with Crippen molar-refractivity contribution in [3.63, 3.8) is 0 Å². The van der Waals surface area contributed by atoms with Crippen molar-refractivity contribution in [3.8, 4) is 11.8 Å². The van der Waals surface area contributed by atoms with Crippen molar-refractivity contribution < 1.29 is 4.79 Å². The lowest BCUT2D eigenvalue weighted by atomic mass is 10.2. The summed E-state index contributed by atoms with van der Waals surface area (Å²) in [5.74, 6) is 0.962. The Morgan fingerprint density at radius 3 is 2.58 bits per heavy atom. The molecule has 0 spiro atoms. The topological polar surface area (TPSA) is 74.8 Å². The molecule has 6 nitrogen and oxygen atoms in total. The predicted molar refractivity (Wildman–Crippen MR) is 133 cm³/mol. The van der Waals surface area contributed by atoms with Gasteiger partial charge in [-0.25, -0.2) is 0 Å². The molecule has 166 valence electrons. The molecule has 0 N–H and O–H groups in total. The molecule has 0 aliphatic rings. The van der Waals surface area contributed by atoms with Gasteiger partial charge in [0.2, 0.25) is 5.91 Å². The van der Waals surface area contributed by atoms with E-state index in [9.17, 15) is 4.79 Å². The second-order valence-electron chi connectivity index (χ2n) is 7.40. The molecule has 2 aromatic heterocycles. The quantitative estimate of drug-likeness (QED) is 0.310. The number of hydrogen-bond donors (Lipinski definition) is 0. The first-order chi connectivity index (χ1) is 16.2. The van der Waals surface area contributed by atoms with Crippen molar-refractivity contribution in [3.05, 3.63) is 88.4 Å². The maximum absolute atomic E-state index is 13.1. The van der Waals surface area contributed by atoms with Crippen molar-refractivity contribution in [2.75, 3.05) is 17.2 Å². The third-order valence-corrected chi connectivity index (χ3v) is 6.84. The highest BCUT2D eigenvalue weighted by Crippen LogP contribution is 2.26. The number of benzene rings is 2. The summed E-state index contributed by atoms with van der Waals surface area (Å²) in [4.78, 5) is 16.0. The Hall–Kier alpha value is -3.41. The average molecular weight is 474 g/mol. The highest BCUT2D eigenvalue weighted by atomic mass is 32.2. The minimum atomic E-state index is -0.0697. The molecule has 4 rings (SSSR count). The molecule has 33 heavy (non-hydrogen) atoms. The number of carbonyl (C=O) groups is 1. The zero-order chi connectivity index (χ0) is 23.0. The van der Waals surface area contributed by atoms with Gasteiger partial charge >= 0.3 is 0 Å². The smallest absolute Gasteiger partial charge is 0.237 e. The summed E-state index contributed by atoms with van der Waals surface area (Å²) in [6.07, 6.45) is 0.946. The van der Waals surface area contributed by atoms with Crippen LogP contribution in [0.2, 0.25) is 0 Å². The largest absolute Gasteiger partial charge is 0.311 e. The van der Waals surface area contributed by atoms with Crippen molar-refractivity contribution in [1.82, 2.24) is 14.8 Å². The summed E-state index contributed by atoms with van der Waals surface area (Å²) < 4.78 is 2.03. The van der Waals surface area contributed by atoms with E-state index in [0.29, 0.717) is 18.1 Å². The van der Waals surface area contributed by atoms with E-state index in [4.69, 9.17) is 5.26 Å². The third kappa shape index (κ3) is 5.69. The van der Waals surface area contributed by atoms with E-state index >= 15 is 0 Å². The summed E-state index contributed by atoms with van der Waals surface area (Å²) in [6.45, 7) is 2.41. The van der Waals surface area contributed by atoms with Gasteiger partial charge in [-0.2, -0.15) is 5.26 Å². The van der Waals surface area contributed by atoms with E-state index in [-0.39, 0.29) is 18.1 Å². The molecule has 1 amide bonds. The number of aromatic nitrogens is 3. The molecule has 0 aliphatic heterocycles. The standard InChI is InChI=1S/C25H23N5OS2/c1-19-10-12-21(13-11-19)30-23(17-22-9-5-16-32-22)27-28-25(30)33-18-24(31)29(15-6-14-26)20-7-3-2-4-8-20/h2-5,7-13,16H,6,15,17-18H2,1H3. The number of carbonyl (C=O) groups excluding carboxylic acids is 1. The van der Waals surface area contributed by atoms with Gasteiger partial charge in [0.15, 0.2) is 5.16 Å². The summed E-state index contributed by atoms with van der Waals surface area (Å²) >= 11 is 3.05. The van der Waals surface area contributed by atoms with Crippen LogP contribution in [0.3, 0.4) is 0 Å². The number of para-hydroxylation sites is 1. The Bertz CT molecular complexity index is 1230. The Morgan fingerprint density at radius 1 is 1.09 bits per heavy atom. The van der Waals surface area contributed by atoms with Gasteiger partial charge in [-0.1, -0.05) is 53.7 Å². The van der Waals surface area contributed by atoms with Gasteiger partial charge in [0.1, 0.15) is 5.82 Å². The maximum atomic E-state index is 13.1. The number of amides is 1. The number of thiophene rings is 1. The zero-order valence-corrected chi connectivity index (χ0v) is 19.9. The molecule has 0 unspecified atom stereocenters. The predicted octanol–water partition coefficient (Wildman–Crippen LogP) is 5.27. The first-order valence-electron chi connectivity index (χ1n) is 10.5. The molecular weight excluding hydrogens is 450 g/mol. The Kier molecular flexibility index (Phi) is 7.55. The molecule has 0 aliphatic carbocycles. The van der Waals surface area contributed by atoms with Crippen LogP contribution in [0, 0.1) is 18.3 Å². The van der Waals surface area contributed by atoms with Crippen LogP contribution in [0.1, 0.15) is 22.7 Å². The fourth-order valence-electron chi connectivity index (χ4n) is 3.40. The van der Waals surface area contributed by atoms with Gasteiger partial charge in [0.25, 0.3) is 0 Å². The number of nitriles is 1. The SMILES string of the molecule is Cc1ccc(-n2c(Cc3cccs3)nnc2SCC(=O)N(CCC#N)c2ccccc2)cc1. The van der Waals surface area contributed by atoms with Crippen LogP contribution in [0.25, 0.3) is 5.69 Å². The van der Waals surface area contributed by atoms with Crippen molar-refractivity contribution >= 4 is 34.7 Å². The van der Waals surface area contributed by atoms with Gasteiger partial charge in [-0.15, -0.1) is 21.5 Å². The average Bonchev–Trinajstić information content (AvgIpc) is 3.49. The fourth-order valence-corrected chi connectivity index (χ4v) is 4.95. The van der Waals surface area contributed by atoms with Gasteiger partial charge in [0, 0.05) is 29.2 Å². The van der Waals surface area contributed by atoms with E-state index in [1.54, 1.807) is 16.2 Å². The minimum absolute atomic E-state index is 0.0697. The van der Waals surface area contributed by atoms with Gasteiger partial charge in [0.05, 0.1) is 18.2 Å². The lowest BCUT2D eigenvalue weighted by Crippen LogP contribution is -2.33. The molecular formula is C25H23N5OS2. The minimum Gasteiger partial charge on any atom is -0.311 e. The van der Waals surface area contributed by atoms with E-state index < -0.39 is 0 Å². The summed E-state index contributed by atoms with van der Waals surface area (Å²) in [6, 6.07) is 23.9. The summed E-state index contributed by atoms with van der Waals surface area (Å²) in [7, 11) is 0. The monoisotopic (exact) mass is 473 g/mol. The first-order valence-corrected chi connectivity index (χ1v) is 12.4. The van der Waals surface area contributed by atoms with Gasteiger partial charge in [-0.05, 0) is 42.6 Å². The number of anilines is 1. The zero-order valence-electron chi connectivity index (χ0n) is 18.2. The van der Waals surface area contributed by atoms with Crippen LogP contribution in [-0.4, -0.2) is 33.0 Å². The van der Waals surface area contributed by atoms with Crippen molar-refractivity contribution in [1.29, 1.82) is 5.26 Å². The van der Waals surface area contributed by atoms with Crippen molar-refractivity contribution in [2.45, 2.75) is 24.9 Å². The molecule has 0 bridgehead atoms. The lowest BCUT2D eigenvalue weighted by Gasteiger charge is -2.21. The lowest BCUT2D eigenvalue weighted by molar-refractivity contribution is -0.116. The number of nitrogens with zero attached hydrogens (tertiary/aromatic N) is 5. The van der Waals surface area contributed by atoms with Crippen LogP contribution < -0.4 is 4.90 Å². The van der Waals surface area contributed by atoms with Crippen LogP contribution in [0.4, 0.5) is 5.69 Å². The molecule has 0 saturated carbocycles. The second kappa shape index (κ2) is 10.9. The third-order valence-electron chi connectivity index (χ3n) is 5.05. The number of thioether (sulfide) groups is 1. The Balaban J connectivity index is 1.58. The van der Waals surface area contributed by atoms with Crippen LogP contribution >= 0.6 is 23.1 Å². The highest BCUT2D eigenvalue weighted by molar-refractivity contribution is 7.99. The number of rotatable bonds is 9. The molecule has 0 saturated heterocycles. The molecule has 4 aromatic rings. The Morgan fingerprint density at radius 2 is 1.88 bits per heavy atom. The number of aryl methyl sites for hydroxylation is 1. The summed E-state index contributed by atoms with van der Waals surface area (Å²) in [5, 5.41) is 20.6. The summed E-state index contributed by atoms with van der Waals surface area (Å²) in [5.41, 5.74) is 2.93. The molecule has 0 atom stereocenters. The van der Waals surface area contributed by atoms with Crippen LogP contribution in [0.5, 0.6) is 0 Å². The fraction of sp³-hybridized carbons (Fsp3) is 0.200. The first kappa shape index (κ1) is 22.8. The van der Waals surface area contributed by atoms with Crippen LogP contribution in [0.15, 0.2) is 77.3 Å². The Labute approximate surface area is 201 Å². The van der Waals surface area contributed by atoms with E-state index in [1.165, 1.54) is 22.2 Å². The van der Waals surface area contributed by atoms with E-state index in [1.807, 2.05) is 53.1 Å². The van der Waals surface area contributed by atoms with Gasteiger partial charge < -0.3 is 4.90 Å². The number of hydrogen-bond acceptors (Lipinski definition) is 6. The molecule has 2 aromatic carbocycles. The van der Waals surface area contributed by atoms with E-state index in [0.717, 1.165) is 17.2 Å². The van der Waals surface area contributed by atoms with Crippen LogP contribution in [-0.2, 0) is 11.2 Å². The van der Waals surface area contributed by atoms with E-state index in [2.05, 4.69) is 46.8 Å². The maximum Gasteiger partial charge on any atom is 0.237 e. The highest BCUT2D eigenvalue weighted by Gasteiger charge is 2.20. The molecule has 2 heterocycles. The second-order valence-corrected chi connectivity index (χ2v) is 9.38. The van der Waals surface area contributed by atoms with Gasteiger partial charge in [-0.3, -0.25) is 9.36 Å². The normalized spacial score (nSPS) is 10.7. The molecule has 0 radical (unpaired) electrons. The van der Waals surface area contributed by atoms with Crippen molar-refractivity contribution in [2.24, 2.45) is 0 Å². The molecule has 0 fully saturated rings.